The minimum atomic E-state index is -6.13. The van der Waals surface area contributed by atoms with Crippen LogP contribution in [0.15, 0.2) is 97.1 Å². The molecule has 0 amide bonds. The van der Waals surface area contributed by atoms with E-state index in [2.05, 4.69) is 0 Å². The van der Waals surface area contributed by atoms with Crippen molar-refractivity contribution in [2.75, 3.05) is 18.3 Å². The highest BCUT2D eigenvalue weighted by Crippen LogP contribution is 2.41. The average Bonchev–Trinajstić information content (AvgIpc) is 3.20. The van der Waals surface area contributed by atoms with Crippen molar-refractivity contribution in [1.29, 1.82) is 0 Å². The monoisotopic (exact) mass is 1130 g/mol. The first kappa shape index (κ1) is 60.6. The van der Waals surface area contributed by atoms with Gasteiger partial charge in [0, 0.05) is 5.56 Å². The van der Waals surface area contributed by atoms with Gasteiger partial charge in [0.1, 0.15) is 18.7 Å². The normalized spacial score (nSPS) is 13.9. The lowest BCUT2D eigenvalue weighted by molar-refractivity contribution is -0.144. The van der Waals surface area contributed by atoms with Gasteiger partial charge < -0.3 is 0 Å². The number of carbonyl (C=O) groups excluding carboxylic acids is 1. The Kier molecular flexibility index (Phi) is 16.1. The Bertz CT molecular complexity index is 2470. The molecule has 0 aliphatic rings. The van der Waals surface area contributed by atoms with Crippen LogP contribution in [-0.2, 0) is 69.7 Å². The van der Waals surface area contributed by atoms with E-state index in [-0.39, 0.29) is 11.3 Å². The summed E-state index contributed by atoms with van der Waals surface area (Å²) in [5.74, 6) is -0.563. The lowest BCUT2D eigenvalue weighted by Crippen LogP contribution is -2.75. The van der Waals surface area contributed by atoms with Gasteiger partial charge in [0.05, 0.1) is 60.0 Å². The molecule has 5 rings (SSSR count). The van der Waals surface area contributed by atoms with Crippen molar-refractivity contribution in [3.05, 3.63) is 153 Å². The Labute approximate surface area is 397 Å². The van der Waals surface area contributed by atoms with Crippen molar-refractivity contribution in [2.24, 2.45) is 0 Å². The summed E-state index contributed by atoms with van der Waals surface area (Å²) < 4.78 is 389. The Morgan fingerprint density at radius 1 is 0.324 bits per heavy atom. The minimum absolute atomic E-state index is 0.148. The van der Waals surface area contributed by atoms with Gasteiger partial charge in [-0.05, 0) is 36.4 Å². The lowest BCUT2D eigenvalue weighted by atomic mass is 9.12. The maximum Gasteiger partial charge on any atom is 0.416 e. The van der Waals surface area contributed by atoms with Gasteiger partial charge in [0.25, 0.3) is 0 Å². The number of hydrogen-bond donors (Lipinski definition) is 0. The molecule has 0 bridgehead atoms. The van der Waals surface area contributed by atoms with Crippen LogP contribution in [0.3, 0.4) is 0 Å². The second kappa shape index (κ2) is 19.7. The highest BCUT2D eigenvalue weighted by Gasteiger charge is 2.47. The van der Waals surface area contributed by atoms with Crippen LogP contribution in [0.1, 0.15) is 60.4 Å². The van der Waals surface area contributed by atoms with Gasteiger partial charge >= 0.3 is 55.6 Å². The predicted octanol–water partition coefficient (Wildman–Crippen LogP) is 13.9. The molecular formula is C43H24BF27O2S. The summed E-state index contributed by atoms with van der Waals surface area (Å²) >= 11 is 0. The molecule has 0 atom stereocenters. The van der Waals surface area contributed by atoms with Gasteiger partial charge in [-0.3, -0.25) is 4.79 Å². The zero-order valence-electron chi connectivity index (χ0n) is 36.0. The third-order valence-electron chi connectivity index (χ3n) is 10.5. The maximum atomic E-state index is 14.2. The first-order valence-electron chi connectivity index (χ1n) is 19.3. The van der Waals surface area contributed by atoms with Crippen molar-refractivity contribution < 1.29 is 128 Å². The topological polar surface area (TPSA) is 34.1 Å². The molecule has 0 aliphatic carbocycles. The van der Waals surface area contributed by atoms with Crippen molar-refractivity contribution >= 4 is 43.7 Å². The summed E-state index contributed by atoms with van der Waals surface area (Å²) in [7, 11) is -2.23. The maximum absolute atomic E-state index is 14.2. The van der Waals surface area contributed by atoms with Crippen LogP contribution in [0.4, 0.5) is 119 Å². The molecule has 0 spiro atoms. The number of rotatable bonds is 7. The summed E-state index contributed by atoms with van der Waals surface area (Å²) in [6, 6.07) is -4.90. The summed E-state index contributed by atoms with van der Waals surface area (Å²) in [4.78, 5) is 11.6. The van der Waals surface area contributed by atoms with Crippen LogP contribution < -0.4 is 21.9 Å². The molecule has 0 unspecified atom stereocenters. The molecular weight excluding hydrogens is 1100 g/mol. The molecule has 5 aromatic rings. The van der Waals surface area contributed by atoms with E-state index in [1.807, 2.05) is 0 Å². The molecule has 0 saturated heterocycles. The fourth-order valence-electron chi connectivity index (χ4n) is 7.31. The van der Waals surface area contributed by atoms with Crippen LogP contribution in [0, 0.1) is 0 Å². The largest absolute Gasteiger partial charge is 0.416 e. The average molecular weight is 1130 g/mol. The standard InChI is InChI=1S/C32H12BF24.C11H12F3O2S/c34-25(35,36)13-1-14(26(37,38)39)6-21(5-13)33(22-7-15(27(40,41)42)2-16(8-22)28(43,44)45,23-9-17(29(46,47)48)3-18(10-23)30(49,50)51)24-11-19(31(52,53)54)4-20(12-24)32(55,56)57;1-17(2,16)7-10(15)8-3-5-9(6-4-8)11(12,13)14/h1-12H;3-6H,7H2,1-2H3/q-1;+1. The number of carbonyl (C=O) groups is 1. The number of benzene rings is 5. The van der Waals surface area contributed by atoms with E-state index < -0.39 is 222 Å². The molecule has 0 heterocycles. The van der Waals surface area contributed by atoms with E-state index >= 15 is 0 Å². The minimum Gasteiger partial charge on any atom is -0.289 e. The van der Waals surface area contributed by atoms with E-state index in [9.17, 15) is 128 Å². The molecule has 31 heteroatoms. The van der Waals surface area contributed by atoms with Gasteiger partial charge in [-0.1, -0.05) is 60.7 Å². The van der Waals surface area contributed by atoms with Crippen molar-refractivity contribution in [3.63, 3.8) is 0 Å². The number of halogens is 27. The number of hydrogen-bond acceptors (Lipinski definition) is 2. The van der Waals surface area contributed by atoms with E-state index in [0.717, 1.165) is 24.3 Å². The molecule has 0 radical (unpaired) electrons. The van der Waals surface area contributed by atoms with Crippen LogP contribution in [0.2, 0.25) is 0 Å². The second-order valence-corrected chi connectivity index (χ2v) is 19.5. The van der Waals surface area contributed by atoms with Crippen molar-refractivity contribution in [2.45, 2.75) is 55.6 Å². The summed E-state index contributed by atoms with van der Waals surface area (Å²) in [6.45, 7) is 0. The zero-order chi connectivity index (χ0) is 57.2. The molecule has 0 aliphatic heterocycles. The number of ketones is 1. The molecule has 74 heavy (non-hydrogen) atoms. The molecule has 0 aromatic heterocycles. The van der Waals surface area contributed by atoms with E-state index in [4.69, 9.17) is 0 Å². The molecule has 0 saturated carbocycles. The molecule has 406 valence electrons. The van der Waals surface area contributed by atoms with Crippen LogP contribution >= 0.6 is 0 Å². The Morgan fingerprint density at radius 2 is 0.500 bits per heavy atom. The Hall–Kier alpha value is -5.91. The highest BCUT2D eigenvalue weighted by atomic mass is 32.2. The first-order chi connectivity index (χ1) is 32.9. The van der Waals surface area contributed by atoms with Gasteiger partial charge in [-0.15, -0.1) is 4.21 Å². The van der Waals surface area contributed by atoms with Crippen molar-refractivity contribution in [3.8, 4) is 0 Å². The van der Waals surface area contributed by atoms with E-state index in [1.54, 1.807) is 0 Å². The molecule has 2 nitrogen and oxygen atoms in total. The smallest absolute Gasteiger partial charge is 0.289 e. The Balaban J connectivity index is 0.000000589. The van der Waals surface area contributed by atoms with Gasteiger partial charge in [0.2, 0.25) is 5.78 Å². The van der Waals surface area contributed by atoms with Crippen LogP contribution in [0.5, 0.6) is 0 Å². The van der Waals surface area contributed by atoms with Gasteiger partial charge in [0.15, 0.2) is 5.75 Å². The zero-order valence-corrected chi connectivity index (χ0v) is 36.8. The fraction of sp³-hybridized carbons (Fsp3) is 0.279. The predicted molar refractivity (Wildman–Crippen MR) is 211 cm³/mol. The molecule has 0 N–H and O–H groups in total. The van der Waals surface area contributed by atoms with Gasteiger partial charge in [-0.2, -0.15) is 140 Å². The van der Waals surface area contributed by atoms with E-state index in [0.29, 0.717) is 0 Å². The second-order valence-electron chi connectivity index (χ2n) is 16.3. The molecule has 5 aromatic carbocycles. The highest BCUT2D eigenvalue weighted by molar-refractivity contribution is 8.02. The third kappa shape index (κ3) is 14.5. The summed E-state index contributed by atoms with van der Waals surface area (Å²) in [5.41, 5.74) is -30.9. The van der Waals surface area contributed by atoms with Gasteiger partial charge in [-0.25, -0.2) is 0 Å². The number of Topliss-reactive ketones (excluding diaryl/α,β-unsaturated/α-hetero) is 1. The quantitative estimate of drug-likeness (QED) is 0.0704. The third-order valence-corrected chi connectivity index (χ3v) is 11.4. The van der Waals surface area contributed by atoms with Crippen LogP contribution in [0.25, 0.3) is 0 Å². The summed E-state index contributed by atoms with van der Waals surface area (Å²) in [6.07, 6.45) is -56.3. The lowest BCUT2D eigenvalue weighted by Gasteiger charge is -2.46. The SMILES string of the molecule is C[S+](C)(=O)CC(=O)c1ccc(C(F)(F)F)cc1.FC(F)(F)c1cc([B-](c2cc(C(F)(F)F)cc(C(F)(F)F)c2)(c2cc(C(F)(F)F)cc(C(F)(F)F)c2)c2cc(C(F)(F)F)cc(C(F)(F)F)c2)cc(C(F)(F)F)c1. The van der Waals surface area contributed by atoms with Crippen molar-refractivity contribution in [1.82, 2.24) is 0 Å². The van der Waals surface area contributed by atoms with Crippen LogP contribution in [-0.4, -0.2) is 30.2 Å². The summed E-state index contributed by atoms with van der Waals surface area (Å²) in [5, 5.41) is 0. The number of alkyl halides is 27. The fourth-order valence-corrected chi connectivity index (χ4v) is 8.11. The Morgan fingerprint density at radius 3 is 0.649 bits per heavy atom. The van der Waals surface area contributed by atoms with E-state index in [1.165, 1.54) is 12.5 Å². The first-order valence-corrected chi connectivity index (χ1v) is 21.9. The molecule has 0 fully saturated rings.